The summed E-state index contributed by atoms with van der Waals surface area (Å²) in [5.41, 5.74) is 4.26. The van der Waals surface area contributed by atoms with Gasteiger partial charge in [-0.05, 0) is 31.6 Å². The van der Waals surface area contributed by atoms with E-state index in [1.165, 1.54) is 12.8 Å². The smallest absolute Gasteiger partial charge is 0.277 e. The molecule has 2 aliphatic heterocycles. The zero-order chi connectivity index (χ0) is 16.3. The minimum Gasteiger partial charge on any atom is -0.327 e. The number of thioether (sulfide) groups is 1. The fourth-order valence-electron chi connectivity index (χ4n) is 5.91. The zero-order valence-electron chi connectivity index (χ0n) is 13.5. The van der Waals surface area contributed by atoms with Gasteiger partial charge in [-0.25, -0.2) is 4.99 Å². The van der Waals surface area contributed by atoms with Crippen LogP contribution in [-0.2, 0) is 4.74 Å². The maximum Gasteiger partial charge on any atom is 0.277 e. The number of nitrogens with one attached hydrogen (secondary N) is 1. The Morgan fingerprint density at radius 1 is 1.35 bits per heavy atom. The van der Waals surface area contributed by atoms with Gasteiger partial charge in [0, 0.05) is 11.2 Å². The predicted molar refractivity (Wildman–Crippen MR) is 86.7 cm³/mol. The monoisotopic (exact) mass is 331 g/mol. The van der Waals surface area contributed by atoms with E-state index < -0.39 is 15.9 Å². The molecular weight excluding hydrogens is 308 g/mol. The standard InChI is InChI=1S/C17H22N4OS/c1-2-3-12-4-6-14(7-5-12)15(10-18)13(20)21-17(16(14,15)11-19)22-8-9-23-17/h12H,2-9H2,1H3,(H2,20,21)/p+1/t12?,14?,15-,16+,17+/m0/s1. The van der Waals surface area contributed by atoms with Crippen LogP contribution in [0.25, 0.3) is 0 Å². The van der Waals surface area contributed by atoms with Crippen LogP contribution in [0, 0.1) is 44.8 Å². The number of amidine groups is 1. The average Bonchev–Trinajstić information content (AvgIpc) is 2.83. The summed E-state index contributed by atoms with van der Waals surface area (Å²) >= 11 is 1.61. The highest BCUT2D eigenvalue weighted by atomic mass is 32.2. The van der Waals surface area contributed by atoms with Crippen LogP contribution in [0.1, 0.15) is 45.4 Å². The second-order valence-corrected chi connectivity index (χ2v) is 8.66. The minimum absolute atomic E-state index is 0.333. The molecule has 3 fully saturated rings. The van der Waals surface area contributed by atoms with Gasteiger partial charge < -0.3 is 4.74 Å². The molecule has 2 heterocycles. The molecule has 0 aromatic carbocycles. The van der Waals surface area contributed by atoms with Crippen molar-refractivity contribution in [2.45, 2.75) is 50.5 Å². The minimum atomic E-state index is -0.886. The van der Waals surface area contributed by atoms with Gasteiger partial charge in [0.05, 0.1) is 18.7 Å². The van der Waals surface area contributed by atoms with Crippen molar-refractivity contribution in [1.82, 2.24) is 0 Å². The molecule has 0 radical (unpaired) electrons. The Morgan fingerprint density at radius 3 is 2.61 bits per heavy atom. The van der Waals surface area contributed by atoms with E-state index >= 15 is 0 Å². The van der Waals surface area contributed by atoms with Gasteiger partial charge in [-0.2, -0.15) is 10.5 Å². The Hall–Kier alpha value is -1.24. The largest absolute Gasteiger partial charge is 0.327 e. The highest BCUT2D eigenvalue weighted by Gasteiger charge is 3.02. The molecule has 4 rings (SSSR count). The lowest BCUT2D eigenvalue weighted by molar-refractivity contribution is -0.586. The number of hydrogen-bond donors (Lipinski definition) is 2. The lowest BCUT2D eigenvalue weighted by atomic mass is 9.72. The molecule has 0 unspecified atom stereocenters. The lowest BCUT2D eigenvalue weighted by Crippen LogP contribution is -2.88. The Labute approximate surface area is 141 Å². The Bertz CT molecular complexity index is 648. The normalized spacial score (nSPS) is 50.4. The lowest BCUT2D eigenvalue weighted by Gasteiger charge is -2.35. The van der Waals surface area contributed by atoms with E-state index in [-0.39, 0.29) is 5.41 Å². The highest BCUT2D eigenvalue weighted by molar-refractivity contribution is 8.00. The van der Waals surface area contributed by atoms with Crippen molar-refractivity contribution in [3.63, 3.8) is 0 Å². The van der Waals surface area contributed by atoms with Crippen molar-refractivity contribution in [1.29, 1.82) is 10.5 Å². The molecule has 3 atom stereocenters. The number of nitrogens with zero attached hydrogens (tertiary/aromatic N) is 2. The molecule has 0 bridgehead atoms. The Kier molecular flexibility index (Phi) is 3.09. The van der Waals surface area contributed by atoms with Crippen LogP contribution in [0.2, 0.25) is 0 Å². The molecule has 2 saturated carbocycles. The molecule has 0 aromatic rings. The van der Waals surface area contributed by atoms with Gasteiger partial charge in [-0.3, -0.25) is 5.73 Å². The fraction of sp³-hybridized carbons (Fsp3) is 0.824. The summed E-state index contributed by atoms with van der Waals surface area (Å²) in [7, 11) is 0. The van der Waals surface area contributed by atoms with Crippen LogP contribution in [-0.4, -0.2) is 23.3 Å². The zero-order valence-corrected chi connectivity index (χ0v) is 14.3. The summed E-state index contributed by atoms with van der Waals surface area (Å²) in [5, 5.41) is 19.4. The summed E-state index contributed by atoms with van der Waals surface area (Å²) in [6.45, 7) is 2.82. The van der Waals surface area contributed by atoms with E-state index in [0.29, 0.717) is 12.4 Å². The van der Waals surface area contributed by atoms with Crippen molar-refractivity contribution in [3.8, 4) is 12.1 Å². The maximum atomic E-state index is 10.2. The number of nitrogens with two attached hydrogens (primary N) is 1. The number of hydrogen-bond acceptors (Lipinski definition) is 5. The number of rotatable bonds is 2. The fourth-order valence-corrected chi connectivity index (χ4v) is 7.33. The van der Waals surface area contributed by atoms with E-state index in [1.54, 1.807) is 11.8 Å². The molecule has 3 N–H and O–H groups in total. The van der Waals surface area contributed by atoms with Gasteiger partial charge >= 0.3 is 0 Å². The van der Waals surface area contributed by atoms with Gasteiger partial charge in [0.1, 0.15) is 0 Å². The first-order valence-corrected chi connectivity index (χ1v) is 9.60. The molecule has 2 aliphatic carbocycles. The van der Waals surface area contributed by atoms with Gasteiger partial charge in [-0.15, -0.1) is 0 Å². The summed E-state index contributed by atoms with van der Waals surface area (Å²) in [4.78, 5) is 3.21. The molecule has 4 aliphatic rings. The molecule has 1 saturated heterocycles. The molecule has 122 valence electrons. The summed E-state index contributed by atoms with van der Waals surface area (Å²) in [5.74, 6) is 2.02. The maximum absolute atomic E-state index is 10.2. The molecule has 5 nitrogen and oxygen atoms in total. The number of nitriles is 2. The first-order chi connectivity index (χ1) is 11.1. The van der Waals surface area contributed by atoms with E-state index in [0.717, 1.165) is 37.4 Å². The van der Waals surface area contributed by atoms with Crippen LogP contribution in [0.3, 0.4) is 0 Å². The topological polar surface area (TPSA) is 96.8 Å². The molecule has 0 amide bonds. The molecule has 2 spiro atoms. The number of fused-ring (bicyclic) bond motifs is 4. The van der Waals surface area contributed by atoms with Crippen molar-refractivity contribution < 1.29 is 9.73 Å². The van der Waals surface area contributed by atoms with Crippen LogP contribution in [0.4, 0.5) is 0 Å². The van der Waals surface area contributed by atoms with Crippen LogP contribution >= 0.6 is 11.8 Å². The third-order valence-electron chi connectivity index (χ3n) is 6.82. The van der Waals surface area contributed by atoms with Gasteiger partial charge in [0.2, 0.25) is 0 Å². The van der Waals surface area contributed by atoms with E-state index in [2.05, 4.69) is 24.1 Å². The van der Waals surface area contributed by atoms with Crippen molar-refractivity contribution >= 4 is 17.6 Å². The Morgan fingerprint density at radius 2 is 2.09 bits per heavy atom. The molecule has 0 aromatic heterocycles. The second kappa shape index (κ2) is 4.65. The van der Waals surface area contributed by atoms with E-state index in [4.69, 9.17) is 10.5 Å². The first-order valence-electron chi connectivity index (χ1n) is 8.61. The highest BCUT2D eigenvalue weighted by Crippen LogP contribution is 2.87. The average molecular weight is 331 g/mol. The van der Waals surface area contributed by atoms with Crippen molar-refractivity contribution in [2.75, 3.05) is 12.4 Å². The summed E-state index contributed by atoms with van der Waals surface area (Å²) < 4.78 is 6.03. The van der Waals surface area contributed by atoms with Crippen molar-refractivity contribution in [3.05, 3.63) is 0 Å². The van der Waals surface area contributed by atoms with Crippen LogP contribution in [0.5, 0.6) is 0 Å². The first kappa shape index (κ1) is 15.3. The third-order valence-corrected chi connectivity index (χ3v) is 8.12. The van der Waals surface area contributed by atoms with Crippen molar-refractivity contribution in [2.24, 2.45) is 27.9 Å². The van der Waals surface area contributed by atoms with Gasteiger partial charge in [-0.1, -0.05) is 31.5 Å². The Balaban J connectivity index is 1.77. The summed E-state index contributed by atoms with van der Waals surface area (Å²) in [6, 6.07) is 5.02. The predicted octanol–water partition coefficient (Wildman–Crippen LogP) is 0.865. The molecule has 6 heteroatoms. The van der Waals surface area contributed by atoms with E-state index in [9.17, 15) is 10.5 Å². The molecule has 23 heavy (non-hydrogen) atoms. The number of ether oxygens (including phenoxy) is 1. The van der Waals surface area contributed by atoms with Crippen LogP contribution < -0.4 is 10.7 Å². The second-order valence-electron chi connectivity index (χ2n) is 7.39. The molecular formula is C17H23N4OS+. The quantitative estimate of drug-likeness (QED) is 0.782. The van der Waals surface area contributed by atoms with Gasteiger partial charge in [0.15, 0.2) is 10.8 Å². The SMILES string of the molecule is CCCC1CCC2(CC1)[C@@]1(C#N)[C@@]3([NH+]=C(N)[C@@]21C#N)OCCS3. The van der Waals surface area contributed by atoms with Crippen LogP contribution in [0.15, 0.2) is 0 Å². The van der Waals surface area contributed by atoms with Gasteiger partial charge in [0.25, 0.3) is 10.9 Å². The summed E-state index contributed by atoms with van der Waals surface area (Å²) in [6.07, 6.45) is 6.44. The third kappa shape index (κ3) is 1.34. The van der Waals surface area contributed by atoms with E-state index in [1.807, 2.05) is 0 Å².